The van der Waals surface area contributed by atoms with Crippen molar-refractivity contribution in [1.29, 1.82) is 0 Å². The van der Waals surface area contributed by atoms with Gasteiger partial charge in [-0.25, -0.2) is 0 Å². The Kier molecular flexibility index (Phi) is 8.20. The topological polar surface area (TPSA) is 12.5 Å². The van der Waals surface area contributed by atoms with E-state index in [2.05, 4.69) is 25.8 Å². The van der Waals surface area contributed by atoms with Gasteiger partial charge in [-0.1, -0.05) is 34.1 Å². The summed E-state index contributed by atoms with van der Waals surface area (Å²) >= 11 is 0. The maximum Gasteiger partial charge on any atom is 0.0622 e. The smallest absolute Gasteiger partial charge is 0.0622 e. The van der Waals surface area contributed by atoms with Crippen molar-refractivity contribution < 1.29 is 4.74 Å². The molecule has 1 fully saturated rings. The number of rotatable bonds is 3. The molecule has 1 aliphatic rings. The lowest BCUT2D eigenvalue weighted by Gasteiger charge is -2.33. The van der Waals surface area contributed by atoms with Crippen molar-refractivity contribution in [3.63, 3.8) is 0 Å². The van der Waals surface area contributed by atoms with Crippen LogP contribution >= 0.6 is 0 Å². The summed E-state index contributed by atoms with van der Waals surface area (Å²) in [4.78, 5) is 2.43. The zero-order chi connectivity index (χ0) is 11.0. The Hall–Kier alpha value is -0.0800. The highest BCUT2D eigenvalue weighted by molar-refractivity contribution is 4.73. The third-order valence-electron chi connectivity index (χ3n) is 2.89. The van der Waals surface area contributed by atoms with Crippen LogP contribution in [-0.4, -0.2) is 37.7 Å². The molecule has 0 aliphatic carbocycles. The lowest BCUT2D eigenvalue weighted by molar-refractivity contribution is -0.00227. The van der Waals surface area contributed by atoms with Crippen LogP contribution in [0.5, 0.6) is 0 Å². The number of likely N-dealkylation sites (N-methyl/N-ethyl adjacent to an activating group) is 1. The van der Waals surface area contributed by atoms with E-state index >= 15 is 0 Å². The lowest BCUT2D eigenvalue weighted by atomic mass is 9.98. The number of hydrogen-bond acceptors (Lipinski definition) is 2. The van der Waals surface area contributed by atoms with Gasteiger partial charge in [0.2, 0.25) is 0 Å². The van der Waals surface area contributed by atoms with Crippen LogP contribution in [0.15, 0.2) is 0 Å². The highest BCUT2D eigenvalue weighted by Gasteiger charge is 2.20. The predicted octanol–water partition coefficient (Wildman–Crippen LogP) is 2.78. The Morgan fingerprint density at radius 3 is 2.57 bits per heavy atom. The maximum atomic E-state index is 5.46. The lowest BCUT2D eigenvalue weighted by Crippen LogP contribution is -2.43. The van der Waals surface area contributed by atoms with Gasteiger partial charge in [0.05, 0.1) is 13.2 Å². The van der Waals surface area contributed by atoms with Gasteiger partial charge in [-0.05, 0) is 19.4 Å². The highest BCUT2D eigenvalue weighted by Crippen LogP contribution is 2.16. The molecule has 2 heteroatoms. The van der Waals surface area contributed by atoms with Gasteiger partial charge in [-0.3, -0.25) is 4.90 Å². The van der Waals surface area contributed by atoms with E-state index in [-0.39, 0.29) is 0 Å². The van der Waals surface area contributed by atoms with Gasteiger partial charge >= 0.3 is 0 Å². The summed E-state index contributed by atoms with van der Waals surface area (Å²) in [5.41, 5.74) is 0. The van der Waals surface area contributed by atoms with Gasteiger partial charge < -0.3 is 4.74 Å². The Morgan fingerprint density at radius 1 is 1.43 bits per heavy atom. The molecule has 14 heavy (non-hydrogen) atoms. The summed E-state index contributed by atoms with van der Waals surface area (Å²) in [6, 6.07) is 0.661. The molecule has 1 aliphatic heterocycles. The summed E-state index contributed by atoms with van der Waals surface area (Å²) in [5, 5.41) is 0. The van der Waals surface area contributed by atoms with Crippen LogP contribution in [0, 0.1) is 5.92 Å². The fraction of sp³-hybridized carbons (Fsp3) is 1.00. The van der Waals surface area contributed by atoms with Gasteiger partial charge in [0, 0.05) is 12.6 Å². The van der Waals surface area contributed by atoms with Crippen molar-refractivity contribution >= 4 is 0 Å². The minimum atomic E-state index is 0.661. The number of ether oxygens (including phenoxy) is 1. The van der Waals surface area contributed by atoms with E-state index in [1.807, 2.05) is 13.8 Å². The van der Waals surface area contributed by atoms with E-state index in [0.29, 0.717) is 6.04 Å². The Labute approximate surface area is 89.6 Å². The first-order valence-corrected chi connectivity index (χ1v) is 6.02. The molecule has 0 radical (unpaired) electrons. The molecule has 2 nitrogen and oxygen atoms in total. The SMILES string of the molecule is CC.CCC(C)CC1COCCN1C. The average molecular weight is 201 g/mol. The molecule has 0 aromatic heterocycles. The van der Waals surface area contributed by atoms with Crippen LogP contribution in [0.2, 0.25) is 0 Å². The normalized spacial score (nSPS) is 25.1. The maximum absolute atomic E-state index is 5.46. The van der Waals surface area contributed by atoms with Crippen molar-refractivity contribution in [1.82, 2.24) is 4.90 Å². The van der Waals surface area contributed by atoms with E-state index in [0.717, 1.165) is 25.7 Å². The fourth-order valence-electron chi connectivity index (χ4n) is 1.62. The summed E-state index contributed by atoms with van der Waals surface area (Å²) in [6.07, 6.45) is 2.57. The largest absolute Gasteiger partial charge is 0.378 e. The summed E-state index contributed by atoms with van der Waals surface area (Å²) in [5.74, 6) is 0.833. The van der Waals surface area contributed by atoms with Crippen LogP contribution in [0.4, 0.5) is 0 Å². The van der Waals surface area contributed by atoms with E-state index in [4.69, 9.17) is 4.74 Å². The molecule has 0 N–H and O–H groups in total. The summed E-state index contributed by atoms with van der Waals surface area (Å²) in [7, 11) is 2.20. The quantitative estimate of drug-likeness (QED) is 0.696. The molecule has 2 atom stereocenters. The molecule has 0 amide bonds. The molecule has 1 saturated heterocycles. The summed E-state index contributed by atoms with van der Waals surface area (Å²) < 4.78 is 5.46. The van der Waals surface area contributed by atoms with Gasteiger partial charge in [-0.2, -0.15) is 0 Å². The van der Waals surface area contributed by atoms with Crippen LogP contribution in [-0.2, 0) is 4.74 Å². The molecule has 0 aromatic rings. The molecule has 0 saturated carbocycles. The second-order valence-electron chi connectivity index (χ2n) is 3.96. The second-order valence-corrected chi connectivity index (χ2v) is 3.96. The molecule has 2 unspecified atom stereocenters. The van der Waals surface area contributed by atoms with Crippen molar-refractivity contribution in [2.24, 2.45) is 5.92 Å². The van der Waals surface area contributed by atoms with Crippen LogP contribution in [0.1, 0.15) is 40.5 Å². The van der Waals surface area contributed by atoms with E-state index in [1.165, 1.54) is 12.8 Å². The zero-order valence-corrected chi connectivity index (χ0v) is 10.5. The molecular formula is C12H27NO. The standard InChI is InChI=1S/C10H21NO.C2H6/c1-4-9(2)7-10-8-12-6-5-11(10)3;1-2/h9-10H,4-8H2,1-3H3;1-2H3. The van der Waals surface area contributed by atoms with Crippen molar-refractivity contribution in [2.45, 2.75) is 46.6 Å². The highest BCUT2D eigenvalue weighted by atomic mass is 16.5. The Bertz CT molecular complexity index is 127. The predicted molar refractivity (Wildman–Crippen MR) is 62.7 cm³/mol. The van der Waals surface area contributed by atoms with Crippen molar-refractivity contribution in [3.8, 4) is 0 Å². The monoisotopic (exact) mass is 201 g/mol. The van der Waals surface area contributed by atoms with Gasteiger partial charge in [0.25, 0.3) is 0 Å². The minimum Gasteiger partial charge on any atom is -0.378 e. The Morgan fingerprint density at radius 2 is 2.07 bits per heavy atom. The third-order valence-corrected chi connectivity index (χ3v) is 2.89. The van der Waals surface area contributed by atoms with Crippen LogP contribution in [0.3, 0.4) is 0 Å². The Balaban J connectivity index is 0.000000791. The summed E-state index contributed by atoms with van der Waals surface area (Å²) in [6.45, 7) is 11.5. The van der Waals surface area contributed by atoms with Crippen LogP contribution < -0.4 is 0 Å². The van der Waals surface area contributed by atoms with E-state index < -0.39 is 0 Å². The zero-order valence-electron chi connectivity index (χ0n) is 10.5. The third kappa shape index (κ3) is 4.97. The van der Waals surface area contributed by atoms with Gasteiger partial charge in [-0.15, -0.1) is 0 Å². The first kappa shape index (κ1) is 13.9. The first-order valence-electron chi connectivity index (χ1n) is 6.02. The first-order chi connectivity index (χ1) is 6.74. The van der Waals surface area contributed by atoms with Crippen molar-refractivity contribution in [3.05, 3.63) is 0 Å². The van der Waals surface area contributed by atoms with E-state index in [1.54, 1.807) is 0 Å². The molecule has 1 heterocycles. The van der Waals surface area contributed by atoms with Gasteiger partial charge in [0.15, 0.2) is 0 Å². The molecule has 1 rings (SSSR count). The molecule has 86 valence electrons. The van der Waals surface area contributed by atoms with Gasteiger partial charge in [0.1, 0.15) is 0 Å². The fourth-order valence-corrected chi connectivity index (χ4v) is 1.62. The molecule has 0 bridgehead atoms. The van der Waals surface area contributed by atoms with E-state index in [9.17, 15) is 0 Å². The van der Waals surface area contributed by atoms with Crippen molar-refractivity contribution in [2.75, 3.05) is 26.8 Å². The minimum absolute atomic E-state index is 0.661. The molecule has 0 spiro atoms. The van der Waals surface area contributed by atoms with Crippen LogP contribution in [0.25, 0.3) is 0 Å². The average Bonchev–Trinajstić information content (AvgIpc) is 2.24. The molecular weight excluding hydrogens is 174 g/mol. The number of nitrogens with zero attached hydrogens (tertiary/aromatic N) is 1. The number of morpholine rings is 1. The second kappa shape index (κ2) is 8.25. The number of hydrogen-bond donors (Lipinski definition) is 0. The molecule has 0 aromatic carbocycles.